The maximum absolute atomic E-state index is 12.5. The predicted octanol–water partition coefficient (Wildman–Crippen LogP) is 1.99. The number of rotatable bonds is 6. The summed E-state index contributed by atoms with van der Waals surface area (Å²) in [5, 5.41) is 3.06. The van der Waals surface area contributed by atoms with Gasteiger partial charge in [-0.2, -0.15) is 22.5 Å². The number of aromatic nitrogens is 4. The van der Waals surface area contributed by atoms with E-state index in [9.17, 15) is 26.4 Å². The Hall–Kier alpha value is -3.06. The van der Waals surface area contributed by atoms with Gasteiger partial charge in [-0.1, -0.05) is 29.4 Å². The van der Waals surface area contributed by atoms with Crippen molar-refractivity contribution in [2.45, 2.75) is 11.2 Å². The summed E-state index contributed by atoms with van der Waals surface area (Å²) < 4.78 is 68.9. The van der Waals surface area contributed by atoms with Crippen LogP contribution in [-0.4, -0.2) is 51.8 Å². The molecule has 0 amide bonds. The minimum atomic E-state index is -4.76. The molecule has 0 aliphatic carbocycles. The SMILES string of the molecule is CN(CC(=O)c1ccc(-c2noc(C(F)(F)F)n2)cc1)S(=O)(=O)c1cn(C)cn1. The van der Waals surface area contributed by atoms with Gasteiger partial charge < -0.3 is 9.09 Å². The van der Waals surface area contributed by atoms with E-state index >= 15 is 0 Å². The van der Waals surface area contributed by atoms with Crippen LogP contribution in [-0.2, 0) is 23.2 Å². The third kappa shape index (κ3) is 4.35. The molecule has 2 heterocycles. The van der Waals surface area contributed by atoms with Crippen molar-refractivity contribution in [3.05, 3.63) is 48.2 Å². The molecule has 0 saturated carbocycles. The van der Waals surface area contributed by atoms with Crippen LogP contribution in [0.2, 0.25) is 0 Å². The first-order valence-electron chi connectivity index (χ1n) is 7.97. The highest BCUT2D eigenvalue weighted by molar-refractivity contribution is 7.89. The fourth-order valence-electron chi connectivity index (χ4n) is 2.32. The van der Waals surface area contributed by atoms with Crippen molar-refractivity contribution in [3.8, 4) is 11.4 Å². The lowest BCUT2D eigenvalue weighted by Gasteiger charge is -2.14. The van der Waals surface area contributed by atoms with Crippen molar-refractivity contribution in [3.63, 3.8) is 0 Å². The summed E-state index contributed by atoms with van der Waals surface area (Å²) in [6, 6.07) is 5.35. The van der Waals surface area contributed by atoms with Gasteiger partial charge in [0.25, 0.3) is 10.0 Å². The topological polar surface area (TPSA) is 111 Å². The van der Waals surface area contributed by atoms with E-state index in [2.05, 4.69) is 19.6 Å². The molecule has 3 rings (SSSR count). The van der Waals surface area contributed by atoms with Gasteiger partial charge in [-0.05, 0) is 0 Å². The predicted molar refractivity (Wildman–Crippen MR) is 92.1 cm³/mol. The molecule has 0 unspecified atom stereocenters. The van der Waals surface area contributed by atoms with Crippen molar-refractivity contribution >= 4 is 15.8 Å². The van der Waals surface area contributed by atoms with Gasteiger partial charge in [0, 0.05) is 31.4 Å². The number of imidazole rings is 1. The Balaban J connectivity index is 1.73. The standard InChI is InChI=1S/C16H14F3N5O4S/c1-23-8-13(20-9-23)29(26,27)24(2)7-12(25)10-3-5-11(6-4-10)14-21-15(28-22-14)16(17,18)19/h3-6,8-9H,7H2,1-2H3. The third-order valence-corrected chi connectivity index (χ3v) is 5.54. The normalized spacial score (nSPS) is 12.5. The second-order valence-corrected chi connectivity index (χ2v) is 8.05. The average molecular weight is 429 g/mol. The van der Waals surface area contributed by atoms with E-state index in [-0.39, 0.29) is 22.0 Å². The molecular weight excluding hydrogens is 415 g/mol. The van der Waals surface area contributed by atoms with Crippen LogP contribution in [0.3, 0.4) is 0 Å². The second kappa shape index (κ2) is 7.40. The lowest BCUT2D eigenvalue weighted by Crippen LogP contribution is -2.32. The summed E-state index contributed by atoms with van der Waals surface area (Å²) in [4.78, 5) is 19.4. The van der Waals surface area contributed by atoms with Gasteiger partial charge in [0.1, 0.15) is 0 Å². The number of nitrogens with zero attached hydrogens (tertiary/aromatic N) is 5. The van der Waals surface area contributed by atoms with Crippen molar-refractivity contribution < 1.29 is 30.9 Å². The number of halogens is 3. The van der Waals surface area contributed by atoms with E-state index in [4.69, 9.17) is 0 Å². The zero-order valence-corrected chi connectivity index (χ0v) is 15.9. The molecule has 154 valence electrons. The molecule has 0 bridgehead atoms. The van der Waals surface area contributed by atoms with Crippen LogP contribution in [0.4, 0.5) is 13.2 Å². The fourth-order valence-corrected chi connectivity index (χ4v) is 3.41. The fraction of sp³-hybridized carbons (Fsp3) is 0.250. The minimum Gasteiger partial charge on any atom is -0.339 e. The Morgan fingerprint density at radius 2 is 1.90 bits per heavy atom. The third-order valence-electron chi connectivity index (χ3n) is 3.86. The highest BCUT2D eigenvalue weighted by Gasteiger charge is 2.38. The van der Waals surface area contributed by atoms with Gasteiger partial charge in [-0.3, -0.25) is 4.79 Å². The van der Waals surface area contributed by atoms with E-state index in [0.717, 1.165) is 4.31 Å². The molecule has 0 aliphatic rings. The van der Waals surface area contributed by atoms with Crippen LogP contribution in [0, 0.1) is 0 Å². The molecule has 0 aliphatic heterocycles. The zero-order chi connectivity index (χ0) is 21.4. The maximum atomic E-state index is 12.5. The van der Waals surface area contributed by atoms with E-state index < -0.39 is 34.4 Å². The maximum Gasteiger partial charge on any atom is 0.471 e. The number of likely N-dealkylation sites (N-methyl/N-ethyl adjacent to an activating group) is 1. The Morgan fingerprint density at radius 3 is 2.41 bits per heavy atom. The summed E-state index contributed by atoms with van der Waals surface area (Å²) in [6.07, 6.45) is -2.13. The van der Waals surface area contributed by atoms with Crippen molar-refractivity contribution in [2.24, 2.45) is 7.05 Å². The number of Topliss-reactive ketones (excluding diaryl/α,β-unsaturated/α-hetero) is 1. The molecule has 0 radical (unpaired) electrons. The van der Waals surface area contributed by atoms with Crippen LogP contribution < -0.4 is 0 Å². The first-order valence-corrected chi connectivity index (χ1v) is 9.41. The van der Waals surface area contributed by atoms with Crippen LogP contribution in [0.1, 0.15) is 16.2 Å². The number of hydrogen-bond acceptors (Lipinski definition) is 7. The van der Waals surface area contributed by atoms with E-state index in [1.807, 2.05) is 0 Å². The summed E-state index contributed by atoms with van der Waals surface area (Å²) in [7, 11) is -1.09. The molecule has 2 aromatic heterocycles. The van der Waals surface area contributed by atoms with Crippen molar-refractivity contribution in [1.29, 1.82) is 0 Å². The molecule has 0 atom stereocenters. The molecular formula is C16H14F3N5O4S. The van der Waals surface area contributed by atoms with E-state index in [1.54, 1.807) is 7.05 Å². The number of sulfonamides is 1. The highest BCUT2D eigenvalue weighted by atomic mass is 32.2. The minimum absolute atomic E-state index is 0.163. The zero-order valence-electron chi connectivity index (χ0n) is 15.1. The molecule has 1 aromatic carbocycles. The molecule has 0 saturated heterocycles. The lowest BCUT2D eigenvalue weighted by molar-refractivity contribution is -0.159. The Labute approximate surface area is 162 Å². The number of aryl methyl sites for hydroxylation is 1. The average Bonchev–Trinajstić information content (AvgIpc) is 3.31. The molecule has 29 heavy (non-hydrogen) atoms. The van der Waals surface area contributed by atoms with Crippen LogP contribution in [0.5, 0.6) is 0 Å². The molecule has 0 fully saturated rings. The van der Waals surface area contributed by atoms with Crippen LogP contribution in [0.15, 0.2) is 46.3 Å². The number of ketones is 1. The van der Waals surface area contributed by atoms with Crippen molar-refractivity contribution in [2.75, 3.05) is 13.6 Å². The smallest absolute Gasteiger partial charge is 0.339 e. The van der Waals surface area contributed by atoms with E-state index in [1.165, 1.54) is 48.4 Å². The number of carbonyl (C=O) groups is 1. The van der Waals surface area contributed by atoms with Gasteiger partial charge in [-0.15, -0.1) is 0 Å². The Morgan fingerprint density at radius 1 is 1.24 bits per heavy atom. The molecule has 0 N–H and O–H groups in total. The Kier molecular flexibility index (Phi) is 5.28. The molecule has 13 heteroatoms. The molecule has 0 spiro atoms. The number of benzene rings is 1. The number of carbonyl (C=O) groups excluding carboxylic acids is 1. The highest BCUT2D eigenvalue weighted by Crippen LogP contribution is 2.29. The lowest BCUT2D eigenvalue weighted by atomic mass is 10.1. The quantitative estimate of drug-likeness (QED) is 0.551. The van der Waals surface area contributed by atoms with Crippen molar-refractivity contribution in [1.82, 2.24) is 24.0 Å². The van der Waals surface area contributed by atoms with Gasteiger partial charge >= 0.3 is 12.1 Å². The summed E-state index contributed by atoms with van der Waals surface area (Å²) in [5.41, 5.74) is 0.367. The van der Waals surface area contributed by atoms with Gasteiger partial charge in [0.2, 0.25) is 5.82 Å². The molecule has 9 nitrogen and oxygen atoms in total. The first kappa shape index (κ1) is 20.7. The molecule has 3 aromatic rings. The summed E-state index contributed by atoms with van der Waals surface area (Å²) in [6.45, 7) is -0.446. The Bertz CT molecular complexity index is 1140. The monoisotopic (exact) mass is 429 g/mol. The largest absolute Gasteiger partial charge is 0.471 e. The summed E-state index contributed by atoms with van der Waals surface area (Å²) in [5.74, 6) is -2.28. The number of alkyl halides is 3. The van der Waals surface area contributed by atoms with E-state index in [0.29, 0.717) is 0 Å². The van der Waals surface area contributed by atoms with Crippen LogP contribution >= 0.6 is 0 Å². The van der Waals surface area contributed by atoms with Crippen LogP contribution in [0.25, 0.3) is 11.4 Å². The van der Waals surface area contributed by atoms with Gasteiger partial charge in [0.15, 0.2) is 10.8 Å². The number of hydrogen-bond donors (Lipinski definition) is 0. The van der Waals surface area contributed by atoms with Gasteiger partial charge in [-0.25, -0.2) is 13.4 Å². The van der Waals surface area contributed by atoms with Gasteiger partial charge in [0.05, 0.1) is 12.9 Å². The second-order valence-electron chi connectivity index (χ2n) is 6.06. The first-order chi connectivity index (χ1) is 13.5. The summed E-state index contributed by atoms with van der Waals surface area (Å²) >= 11 is 0.